The predicted octanol–water partition coefficient (Wildman–Crippen LogP) is 7.40. The summed E-state index contributed by atoms with van der Waals surface area (Å²) in [5, 5.41) is 10.4. The molecule has 0 heterocycles. The van der Waals surface area contributed by atoms with E-state index in [1.54, 1.807) is 0 Å². The smallest absolute Gasteiger partial charge is 0.191 e. The summed E-state index contributed by atoms with van der Waals surface area (Å²) in [5.41, 5.74) is 0. The summed E-state index contributed by atoms with van der Waals surface area (Å²) >= 11 is 0. The van der Waals surface area contributed by atoms with Gasteiger partial charge in [-0.1, -0.05) is 64.7 Å². The molecule has 1 atom stereocenters. The Morgan fingerprint density at radius 3 is 2.08 bits per heavy atom. The summed E-state index contributed by atoms with van der Waals surface area (Å²) in [7, 11) is -1.57. The molecule has 0 saturated heterocycles. The van der Waals surface area contributed by atoms with Gasteiger partial charge in [0.1, 0.15) is 0 Å². The van der Waals surface area contributed by atoms with Crippen LogP contribution in [0.3, 0.4) is 0 Å². The third kappa shape index (κ3) is 13.8. The molecular formula is C23H46O2Si. The number of aliphatic hydroxyl groups is 1. The summed E-state index contributed by atoms with van der Waals surface area (Å²) in [5.74, 6) is 0. The summed E-state index contributed by atoms with van der Waals surface area (Å²) < 4.78 is 6.21. The summed E-state index contributed by atoms with van der Waals surface area (Å²) in [6.45, 7) is 16.1. The fourth-order valence-corrected chi connectivity index (χ4v) is 3.70. The van der Waals surface area contributed by atoms with E-state index in [1.165, 1.54) is 19.3 Å². The zero-order valence-corrected chi connectivity index (χ0v) is 19.4. The van der Waals surface area contributed by atoms with Gasteiger partial charge in [-0.2, -0.15) is 0 Å². The van der Waals surface area contributed by atoms with Gasteiger partial charge in [-0.25, -0.2) is 0 Å². The number of allylic oxidation sites excluding steroid dienone is 3. The molecule has 0 bridgehead atoms. The van der Waals surface area contributed by atoms with Crippen molar-refractivity contribution in [1.29, 1.82) is 0 Å². The van der Waals surface area contributed by atoms with Crippen molar-refractivity contribution in [3.63, 3.8) is 0 Å². The Morgan fingerprint density at radius 2 is 1.46 bits per heavy atom. The number of hydrogen-bond donors (Lipinski definition) is 1. The molecule has 0 rings (SSSR count). The van der Waals surface area contributed by atoms with Crippen LogP contribution in [0.5, 0.6) is 0 Å². The van der Waals surface area contributed by atoms with Gasteiger partial charge in [0.05, 0.1) is 6.10 Å². The first-order chi connectivity index (χ1) is 12.2. The molecule has 26 heavy (non-hydrogen) atoms. The Morgan fingerprint density at radius 1 is 0.885 bits per heavy atom. The minimum Gasteiger partial charge on any atom is -0.417 e. The van der Waals surface area contributed by atoms with Crippen molar-refractivity contribution in [3.8, 4) is 0 Å². The zero-order valence-electron chi connectivity index (χ0n) is 18.4. The highest BCUT2D eigenvalue weighted by Crippen LogP contribution is 2.36. The molecule has 0 fully saturated rings. The van der Waals surface area contributed by atoms with Gasteiger partial charge in [-0.05, 0) is 63.1 Å². The molecule has 0 saturated carbocycles. The molecule has 0 aliphatic carbocycles. The maximum atomic E-state index is 10.1. The second-order valence-electron chi connectivity index (χ2n) is 9.09. The molecule has 0 aromatic rings. The van der Waals surface area contributed by atoms with Gasteiger partial charge in [-0.15, -0.1) is 6.58 Å². The maximum Gasteiger partial charge on any atom is 0.191 e. The first-order valence-corrected chi connectivity index (χ1v) is 13.7. The third-order valence-electron chi connectivity index (χ3n) is 5.56. The van der Waals surface area contributed by atoms with Crippen molar-refractivity contribution in [2.75, 3.05) is 6.61 Å². The van der Waals surface area contributed by atoms with Gasteiger partial charge in [0.2, 0.25) is 0 Å². The monoisotopic (exact) mass is 382 g/mol. The Kier molecular flexibility index (Phi) is 14.4. The predicted molar refractivity (Wildman–Crippen MR) is 119 cm³/mol. The zero-order chi connectivity index (χ0) is 19.9. The highest BCUT2D eigenvalue weighted by Gasteiger charge is 2.36. The van der Waals surface area contributed by atoms with Crippen molar-refractivity contribution >= 4 is 8.32 Å². The van der Waals surface area contributed by atoms with Crippen LogP contribution in [0.1, 0.15) is 91.4 Å². The van der Waals surface area contributed by atoms with Crippen LogP contribution in [0.15, 0.2) is 24.8 Å². The Balaban J connectivity index is 3.48. The van der Waals surface area contributed by atoms with Crippen molar-refractivity contribution in [3.05, 3.63) is 24.8 Å². The van der Waals surface area contributed by atoms with E-state index in [0.717, 1.165) is 58.0 Å². The van der Waals surface area contributed by atoms with Crippen LogP contribution in [0.25, 0.3) is 0 Å². The third-order valence-corrected chi connectivity index (χ3v) is 10.1. The van der Waals surface area contributed by atoms with Crippen molar-refractivity contribution in [1.82, 2.24) is 0 Å². The SMILES string of the molecule is C=CCCC=CCCCCC(O)CCCCCCO[Si](C)(C)C(C)(C)C. The Labute approximate surface area is 165 Å². The molecule has 2 nitrogen and oxygen atoms in total. The minimum absolute atomic E-state index is 0.108. The lowest BCUT2D eigenvalue weighted by Crippen LogP contribution is -2.40. The molecule has 0 radical (unpaired) electrons. The average Bonchev–Trinajstić information content (AvgIpc) is 2.55. The lowest BCUT2D eigenvalue weighted by atomic mass is 10.0. The van der Waals surface area contributed by atoms with E-state index < -0.39 is 8.32 Å². The van der Waals surface area contributed by atoms with E-state index in [4.69, 9.17) is 4.43 Å². The maximum absolute atomic E-state index is 10.1. The van der Waals surface area contributed by atoms with E-state index in [1.807, 2.05) is 6.08 Å². The standard InChI is InChI=1S/C23H46O2Si/c1-7-8-9-10-11-12-13-16-19-22(24)20-17-14-15-18-21-25-26(5,6)23(2,3)4/h7,10-11,22,24H,1,8-9,12-21H2,2-6H3. The van der Waals surface area contributed by atoms with Gasteiger partial charge < -0.3 is 9.53 Å². The summed E-state index contributed by atoms with van der Waals surface area (Å²) in [4.78, 5) is 0. The first kappa shape index (κ1) is 25.6. The van der Waals surface area contributed by atoms with Crippen LogP contribution >= 0.6 is 0 Å². The van der Waals surface area contributed by atoms with Gasteiger partial charge in [0.15, 0.2) is 8.32 Å². The van der Waals surface area contributed by atoms with Gasteiger partial charge in [0.25, 0.3) is 0 Å². The molecule has 0 aliphatic heterocycles. The molecule has 154 valence electrons. The highest BCUT2D eigenvalue weighted by molar-refractivity contribution is 6.74. The van der Waals surface area contributed by atoms with E-state index >= 15 is 0 Å². The van der Waals surface area contributed by atoms with Crippen LogP contribution in [-0.2, 0) is 4.43 Å². The van der Waals surface area contributed by atoms with Crippen LogP contribution in [0.4, 0.5) is 0 Å². The molecule has 0 aromatic heterocycles. The second kappa shape index (κ2) is 14.6. The molecule has 0 aliphatic rings. The molecular weight excluding hydrogens is 336 g/mol. The molecule has 0 aromatic carbocycles. The van der Waals surface area contributed by atoms with Gasteiger partial charge >= 0.3 is 0 Å². The number of hydrogen-bond acceptors (Lipinski definition) is 2. The molecule has 3 heteroatoms. The van der Waals surface area contributed by atoms with E-state index in [0.29, 0.717) is 5.04 Å². The van der Waals surface area contributed by atoms with E-state index in [-0.39, 0.29) is 6.10 Å². The van der Waals surface area contributed by atoms with Crippen molar-refractivity contribution in [2.45, 2.75) is 116 Å². The molecule has 0 spiro atoms. The Hall–Kier alpha value is -0.383. The van der Waals surface area contributed by atoms with Crippen LogP contribution in [-0.4, -0.2) is 26.1 Å². The molecule has 0 amide bonds. The van der Waals surface area contributed by atoms with Crippen molar-refractivity contribution < 1.29 is 9.53 Å². The first-order valence-electron chi connectivity index (χ1n) is 10.8. The Bertz CT molecular complexity index is 369. The lowest BCUT2D eigenvalue weighted by Gasteiger charge is -2.36. The van der Waals surface area contributed by atoms with E-state index in [2.05, 4.69) is 52.6 Å². The average molecular weight is 383 g/mol. The highest BCUT2D eigenvalue weighted by atomic mass is 28.4. The normalized spacial score (nSPS) is 14.1. The molecule has 1 N–H and O–H groups in total. The van der Waals surface area contributed by atoms with Crippen LogP contribution in [0.2, 0.25) is 18.1 Å². The summed E-state index contributed by atoms with van der Waals surface area (Å²) in [6, 6.07) is 0. The lowest BCUT2D eigenvalue weighted by molar-refractivity contribution is 0.147. The fraction of sp³-hybridized carbons (Fsp3) is 0.826. The van der Waals surface area contributed by atoms with Gasteiger partial charge in [0, 0.05) is 6.61 Å². The van der Waals surface area contributed by atoms with Crippen LogP contribution < -0.4 is 0 Å². The minimum atomic E-state index is -1.57. The number of rotatable bonds is 16. The second-order valence-corrected chi connectivity index (χ2v) is 13.9. The number of unbranched alkanes of at least 4 members (excludes halogenated alkanes) is 6. The fourth-order valence-electron chi connectivity index (χ4n) is 2.62. The largest absolute Gasteiger partial charge is 0.417 e. The number of aliphatic hydroxyl groups excluding tert-OH is 1. The topological polar surface area (TPSA) is 29.5 Å². The molecule has 1 unspecified atom stereocenters. The van der Waals surface area contributed by atoms with Crippen LogP contribution in [0, 0.1) is 0 Å². The van der Waals surface area contributed by atoms with E-state index in [9.17, 15) is 5.11 Å². The van der Waals surface area contributed by atoms with Gasteiger partial charge in [-0.3, -0.25) is 0 Å². The summed E-state index contributed by atoms with van der Waals surface area (Å²) in [6.07, 6.45) is 18.6. The van der Waals surface area contributed by atoms with Crippen molar-refractivity contribution in [2.24, 2.45) is 0 Å². The quantitative estimate of drug-likeness (QED) is 0.171.